The predicted molar refractivity (Wildman–Crippen MR) is 152 cm³/mol. The summed E-state index contributed by atoms with van der Waals surface area (Å²) >= 11 is 18.2. The maximum atomic E-state index is 12.8. The second-order valence-corrected chi connectivity index (χ2v) is 9.82. The molecule has 1 atom stereocenters. The van der Waals surface area contributed by atoms with Crippen LogP contribution in [0.5, 0.6) is 11.5 Å². The molecule has 3 aromatic rings. The van der Waals surface area contributed by atoms with Gasteiger partial charge in [-0.1, -0.05) is 66.8 Å². The molecular weight excluding hydrogens is 549 g/mol. The number of ether oxygens (including phenoxy) is 2. The molecule has 200 valence electrons. The molecule has 10 heteroatoms. The number of rotatable bonds is 11. The first kappa shape index (κ1) is 29.3. The van der Waals surface area contributed by atoms with Crippen LogP contribution in [-0.4, -0.2) is 30.7 Å². The predicted octanol–water partition coefficient (Wildman–Crippen LogP) is 6.53. The lowest BCUT2D eigenvalue weighted by atomic mass is 10.0. The van der Waals surface area contributed by atoms with Gasteiger partial charge in [0.25, 0.3) is 11.8 Å². The van der Waals surface area contributed by atoms with Crippen LogP contribution in [0, 0.1) is 5.92 Å². The molecule has 0 fully saturated rings. The lowest BCUT2D eigenvalue weighted by Gasteiger charge is -2.20. The van der Waals surface area contributed by atoms with Gasteiger partial charge in [-0.25, -0.2) is 5.43 Å². The number of hydrogen-bond acceptors (Lipinski definition) is 5. The van der Waals surface area contributed by atoms with Crippen LogP contribution >= 0.6 is 34.8 Å². The van der Waals surface area contributed by atoms with Crippen molar-refractivity contribution in [3.8, 4) is 11.5 Å². The average Bonchev–Trinajstić information content (AvgIpc) is 2.87. The fourth-order valence-corrected chi connectivity index (χ4v) is 4.12. The van der Waals surface area contributed by atoms with Crippen molar-refractivity contribution in [1.29, 1.82) is 0 Å². The molecule has 1 unspecified atom stereocenters. The van der Waals surface area contributed by atoms with Crippen LogP contribution in [0.3, 0.4) is 0 Å². The van der Waals surface area contributed by atoms with Crippen LogP contribution in [0.2, 0.25) is 15.1 Å². The van der Waals surface area contributed by atoms with Gasteiger partial charge in [-0.3, -0.25) is 9.59 Å². The topological polar surface area (TPSA) is 89.0 Å². The lowest BCUT2D eigenvalue weighted by Crippen LogP contribution is -2.48. The maximum absolute atomic E-state index is 12.8. The van der Waals surface area contributed by atoms with Gasteiger partial charge in [-0.15, -0.1) is 0 Å². The summed E-state index contributed by atoms with van der Waals surface area (Å²) in [5, 5.41) is 7.99. The number of hydrazone groups is 1. The summed E-state index contributed by atoms with van der Waals surface area (Å²) in [6, 6.07) is 16.4. The van der Waals surface area contributed by atoms with E-state index in [2.05, 4.69) is 15.8 Å². The van der Waals surface area contributed by atoms with E-state index in [1.165, 1.54) is 18.3 Å². The fraction of sp³-hybridized carbons (Fsp3) is 0.250. The van der Waals surface area contributed by atoms with Crippen LogP contribution in [0.25, 0.3) is 0 Å². The van der Waals surface area contributed by atoms with Crippen LogP contribution in [0.15, 0.2) is 65.8 Å². The molecule has 2 N–H and O–H groups in total. The first-order valence-electron chi connectivity index (χ1n) is 11.9. The first-order valence-corrected chi connectivity index (χ1v) is 13.0. The van der Waals surface area contributed by atoms with Crippen molar-refractivity contribution in [1.82, 2.24) is 10.7 Å². The number of carbonyl (C=O) groups excluding carboxylic acids is 2. The van der Waals surface area contributed by atoms with Gasteiger partial charge < -0.3 is 14.8 Å². The van der Waals surface area contributed by atoms with E-state index in [0.717, 1.165) is 5.56 Å². The number of benzene rings is 3. The Hall–Kier alpha value is -3.26. The van der Waals surface area contributed by atoms with Crippen molar-refractivity contribution in [2.45, 2.75) is 33.4 Å². The number of nitrogens with one attached hydrogen (secondary N) is 2. The monoisotopic (exact) mass is 575 g/mol. The van der Waals surface area contributed by atoms with E-state index in [1.807, 2.05) is 39.0 Å². The summed E-state index contributed by atoms with van der Waals surface area (Å²) in [6.07, 6.45) is 1.48. The minimum atomic E-state index is -0.842. The van der Waals surface area contributed by atoms with Crippen LogP contribution in [0.1, 0.15) is 42.3 Å². The number of amides is 2. The molecule has 0 bridgehead atoms. The molecule has 0 aliphatic rings. The smallest absolute Gasteiger partial charge is 0.262 e. The zero-order valence-electron chi connectivity index (χ0n) is 21.1. The quantitative estimate of drug-likeness (QED) is 0.201. The van der Waals surface area contributed by atoms with E-state index in [1.54, 1.807) is 30.3 Å². The van der Waals surface area contributed by atoms with Gasteiger partial charge in [0.2, 0.25) is 0 Å². The zero-order valence-corrected chi connectivity index (χ0v) is 23.4. The summed E-state index contributed by atoms with van der Waals surface area (Å²) in [5.41, 5.74) is 4.24. The molecule has 0 aliphatic heterocycles. The molecule has 2 amide bonds. The van der Waals surface area contributed by atoms with Crippen molar-refractivity contribution in [3.63, 3.8) is 0 Å². The fourth-order valence-electron chi connectivity index (χ4n) is 3.43. The third kappa shape index (κ3) is 8.12. The molecule has 0 saturated carbocycles. The van der Waals surface area contributed by atoms with Crippen LogP contribution in [-0.2, 0) is 11.4 Å². The molecule has 3 aromatic carbocycles. The molecule has 0 saturated heterocycles. The second-order valence-electron chi connectivity index (χ2n) is 8.57. The van der Waals surface area contributed by atoms with Gasteiger partial charge in [0.15, 0.2) is 11.5 Å². The van der Waals surface area contributed by atoms with Gasteiger partial charge in [0.1, 0.15) is 12.6 Å². The van der Waals surface area contributed by atoms with Crippen molar-refractivity contribution < 1.29 is 19.1 Å². The minimum absolute atomic E-state index is 0.195. The Morgan fingerprint density at radius 1 is 0.947 bits per heavy atom. The van der Waals surface area contributed by atoms with Crippen molar-refractivity contribution in [2.24, 2.45) is 11.0 Å². The van der Waals surface area contributed by atoms with Crippen LogP contribution in [0.4, 0.5) is 0 Å². The van der Waals surface area contributed by atoms with E-state index in [4.69, 9.17) is 44.3 Å². The molecule has 0 aliphatic carbocycles. The highest BCUT2D eigenvalue weighted by Crippen LogP contribution is 2.29. The summed E-state index contributed by atoms with van der Waals surface area (Å²) in [4.78, 5) is 25.5. The third-order valence-electron chi connectivity index (χ3n) is 5.41. The van der Waals surface area contributed by atoms with Gasteiger partial charge in [0.05, 0.1) is 23.4 Å². The Bertz CT molecular complexity index is 1310. The molecular formula is C28H28Cl3N3O4. The largest absolute Gasteiger partial charge is 0.490 e. The molecule has 0 radical (unpaired) electrons. The summed E-state index contributed by atoms with van der Waals surface area (Å²) in [6.45, 7) is 6.22. The number of nitrogens with zero attached hydrogens (tertiary/aromatic N) is 1. The molecule has 3 rings (SSSR count). The number of carbonyl (C=O) groups is 2. The highest BCUT2D eigenvalue weighted by atomic mass is 35.5. The highest BCUT2D eigenvalue weighted by Gasteiger charge is 2.25. The molecule has 7 nitrogen and oxygen atoms in total. The SMILES string of the molecule is CCOc1cc(/C=N/NC(=O)C(NC(=O)c2ccc(Cl)cc2Cl)C(C)C)ccc1OCc1ccccc1Cl. The first-order chi connectivity index (χ1) is 18.2. The van der Waals surface area contributed by atoms with Gasteiger partial charge in [0, 0.05) is 15.6 Å². The molecule has 0 spiro atoms. The standard InChI is InChI=1S/C28H28Cl3N3O4/c1-4-37-25-13-18(9-12-24(25)38-16-19-7-5-6-8-22(19)30)15-32-34-28(36)26(17(2)3)33-27(35)21-11-10-20(29)14-23(21)31/h5-15,17,26H,4,16H2,1-3H3,(H,33,35)(H,34,36)/b32-15+. The zero-order chi connectivity index (χ0) is 27.7. The van der Waals surface area contributed by atoms with E-state index >= 15 is 0 Å². The van der Waals surface area contributed by atoms with Crippen LogP contribution < -0.4 is 20.2 Å². The van der Waals surface area contributed by atoms with Crippen molar-refractivity contribution >= 4 is 52.8 Å². The number of halogens is 3. The summed E-state index contributed by atoms with van der Waals surface area (Å²) in [7, 11) is 0. The van der Waals surface area contributed by atoms with E-state index < -0.39 is 17.9 Å². The summed E-state index contributed by atoms with van der Waals surface area (Å²) in [5.74, 6) is -0.0876. The van der Waals surface area contributed by atoms with Gasteiger partial charge >= 0.3 is 0 Å². The molecule has 38 heavy (non-hydrogen) atoms. The van der Waals surface area contributed by atoms with Gasteiger partial charge in [-0.2, -0.15) is 5.10 Å². The normalized spacial score (nSPS) is 11.9. The Morgan fingerprint density at radius 3 is 2.39 bits per heavy atom. The second kappa shape index (κ2) is 14.0. The van der Waals surface area contributed by atoms with E-state index in [0.29, 0.717) is 33.7 Å². The Labute approximate surface area is 237 Å². The van der Waals surface area contributed by atoms with Crippen molar-refractivity contribution in [2.75, 3.05) is 6.61 Å². The minimum Gasteiger partial charge on any atom is -0.490 e. The maximum Gasteiger partial charge on any atom is 0.262 e. The van der Waals surface area contributed by atoms with E-state index in [-0.39, 0.29) is 23.1 Å². The highest BCUT2D eigenvalue weighted by molar-refractivity contribution is 6.36. The Balaban J connectivity index is 1.65. The Morgan fingerprint density at radius 2 is 1.71 bits per heavy atom. The average molecular weight is 577 g/mol. The number of hydrogen-bond donors (Lipinski definition) is 2. The summed E-state index contributed by atoms with van der Waals surface area (Å²) < 4.78 is 11.6. The van der Waals surface area contributed by atoms with Crippen molar-refractivity contribution in [3.05, 3.63) is 92.4 Å². The van der Waals surface area contributed by atoms with Gasteiger partial charge in [-0.05, 0) is 60.9 Å². The van der Waals surface area contributed by atoms with E-state index in [9.17, 15) is 9.59 Å². The lowest BCUT2D eigenvalue weighted by molar-refractivity contribution is -0.123. The molecule has 0 heterocycles. The Kier molecular flexibility index (Phi) is 10.8. The third-order valence-corrected chi connectivity index (χ3v) is 6.33. The molecule has 0 aromatic heterocycles.